The SMILES string of the molecule is O=C(O)CC(=O)c1c2ccccc2cc2ccccc12. The smallest absolute Gasteiger partial charge is 0.311 e. The number of ketones is 1. The molecule has 0 aliphatic heterocycles. The average molecular weight is 264 g/mol. The molecule has 0 heterocycles. The van der Waals surface area contributed by atoms with Crippen molar-refractivity contribution in [2.45, 2.75) is 6.42 Å². The highest BCUT2D eigenvalue weighted by atomic mass is 16.4. The number of Topliss-reactive ketones (excluding diaryl/α,β-unsaturated/α-hetero) is 1. The van der Waals surface area contributed by atoms with Gasteiger partial charge in [0.1, 0.15) is 6.42 Å². The van der Waals surface area contributed by atoms with Gasteiger partial charge in [0.15, 0.2) is 5.78 Å². The summed E-state index contributed by atoms with van der Waals surface area (Å²) in [4.78, 5) is 23.1. The van der Waals surface area contributed by atoms with Crippen LogP contribution >= 0.6 is 0 Å². The van der Waals surface area contributed by atoms with Crippen molar-refractivity contribution in [1.29, 1.82) is 0 Å². The number of rotatable bonds is 3. The Morgan fingerprint density at radius 2 is 1.35 bits per heavy atom. The van der Waals surface area contributed by atoms with Crippen LogP contribution < -0.4 is 0 Å². The Kier molecular flexibility index (Phi) is 2.95. The van der Waals surface area contributed by atoms with Crippen LogP contribution in [0.4, 0.5) is 0 Å². The van der Waals surface area contributed by atoms with Gasteiger partial charge in [0, 0.05) is 5.56 Å². The van der Waals surface area contributed by atoms with Crippen LogP contribution in [0.3, 0.4) is 0 Å². The fourth-order valence-electron chi connectivity index (χ4n) is 2.54. The fraction of sp³-hybridized carbons (Fsp3) is 0.0588. The first-order valence-electron chi connectivity index (χ1n) is 6.32. The Morgan fingerprint density at radius 1 is 0.850 bits per heavy atom. The first kappa shape index (κ1) is 12.4. The summed E-state index contributed by atoms with van der Waals surface area (Å²) in [5.41, 5.74) is 0.501. The van der Waals surface area contributed by atoms with Crippen LogP contribution in [0.5, 0.6) is 0 Å². The lowest BCUT2D eigenvalue weighted by atomic mass is 9.93. The standard InChI is InChI=1S/C17H12O3/c18-15(10-16(19)20)17-13-7-3-1-5-11(13)9-12-6-2-4-8-14(12)17/h1-9H,10H2,(H,19,20). The van der Waals surface area contributed by atoms with Crippen LogP contribution in [-0.2, 0) is 4.79 Å². The van der Waals surface area contributed by atoms with Gasteiger partial charge in [-0.15, -0.1) is 0 Å². The molecule has 0 aliphatic carbocycles. The van der Waals surface area contributed by atoms with E-state index in [4.69, 9.17) is 5.11 Å². The second-order valence-electron chi connectivity index (χ2n) is 4.69. The zero-order valence-corrected chi connectivity index (χ0v) is 10.7. The largest absolute Gasteiger partial charge is 0.481 e. The van der Waals surface area contributed by atoms with Crippen molar-refractivity contribution in [1.82, 2.24) is 0 Å². The maximum absolute atomic E-state index is 12.3. The topological polar surface area (TPSA) is 54.4 Å². The second-order valence-corrected chi connectivity index (χ2v) is 4.69. The lowest BCUT2D eigenvalue weighted by Crippen LogP contribution is -2.08. The number of benzene rings is 3. The number of hydrogen-bond donors (Lipinski definition) is 1. The minimum atomic E-state index is -1.10. The lowest BCUT2D eigenvalue weighted by Gasteiger charge is -2.09. The molecule has 3 rings (SSSR count). The molecule has 0 radical (unpaired) electrons. The molecule has 20 heavy (non-hydrogen) atoms. The van der Waals surface area contributed by atoms with Gasteiger partial charge in [-0.3, -0.25) is 9.59 Å². The third-order valence-electron chi connectivity index (χ3n) is 3.36. The quantitative estimate of drug-likeness (QED) is 0.446. The van der Waals surface area contributed by atoms with Gasteiger partial charge in [0.25, 0.3) is 0 Å². The molecule has 0 spiro atoms. The van der Waals surface area contributed by atoms with E-state index in [0.717, 1.165) is 21.5 Å². The summed E-state index contributed by atoms with van der Waals surface area (Å²) in [7, 11) is 0. The molecule has 0 fully saturated rings. The van der Waals surface area contributed by atoms with E-state index in [0.29, 0.717) is 5.56 Å². The van der Waals surface area contributed by atoms with Gasteiger partial charge in [0.2, 0.25) is 0 Å². The average Bonchev–Trinajstić information content (AvgIpc) is 2.43. The van der Waals surface area contributed by atoms with Crippen molar-refractivity contribution >= 4 is 33.3 Å². The van der Waals surface area contributed by atoms with E-state index in [2.05, 4.69) is 0 Å². The minimum absolute atomic E-state index is 0.356. The van der Waals surface area contributed by atoms with E-state index in [-0.39, 0.29) is 5.78 Å². The highest BCUT2D eigenvalue weighted by Crippen LogP contribution is 2.29. The molecule has 0 saturated carbocycles. The first-order chi connectivity index (χ1) is 9.66. The summed E-state index contributed by atoms with van der Waals surface area (Å²) in [5, 5.41) is 12.4. The van der Waals surface area contributed by atoms with Gasteiger partial charge < -0.3 is 5.11 Å². The summed E-state index contributed by atoms with van der Waals surface area (Å²) < 4.78 is 0. The number of carbonyl (C=O) groups excluding carboxylic acids is 1. The molecule has 0 saturated heterocycles. The number of aliphatic carboxylic acids is 1. The van der Waals surface area contributed by atoms with Crippen molar-refractivity contribution in [2.24, 2.45) is 0 Å². The molecular formula is C17H12O3. The third-order valence-corrected chi connectivity index (χ3v) is 3.36. The number of carboxylic acid groups (broad SMARTS) is 1. The van der Waals surface area contributed by atoms with Crippen molar-refractivity contribution in [2.75, 3.05) is 0 Å². The van der Waals surface area contributed by atoms with E-state index in [9.17, 15) is 9.59 Å². The van der Waals surface area contributed by atoms with Crippen LogP contribution in [0.15, 0.2) is 54.6 Å². The van der Waals surface area contributed by atoms with E-state index in [1.165, 1.54) is 0 Å². The number of hydrogen-bond acceptors (Lipinski definition) is 2. The molecule has 0 atom stereocenters. The van der Waals surface area contributed by atoms with Crippen LogP contribution in [0.2, 0.25) is 0 Å². The van der Waals surface area contributed by atoms with Crippen molar-refractivity contribution in [3.8, 4) is 0 Å². The van der Waals surface area contributed by atoms with Crippen molar-refractivity contribution in [3.63, 3.8) is 0 Å². The highest BCUT2D eigenvalue weighted by Gasteiger charge is 2.17. The maximum Gasteiger partial charge on any atom is 0.311 e. The second kappa shape index (κ2) is 4.78. The fourth-order valence-corrected chi connectivity index (χ4v) is 2.54. The Morgan fingerprint density at radius 3 is 1.85 bits per heavy atom. The number of carboxylic acids is 1. The van der Waals surface area contributed by atoms with Crippen molar-refractivity contribution < 1.29 is 14.7 Å². The summed E-state index contributed by atoms with van der Waals surface area (Å²) >= 11 is 0. The lowest BCUT2D eigenvalue weighted by molar-refractivity contribution is -0.135. The van der Waals surface area contributed by atoms with E-state index < -0.39 is 12.4 Å². The molecule has 0 unspecified atom stereocenters. The van der Waals surface area contributed by atoms with Gasteiger partial charge in [0.05, 0.1) is 0 Å². The molecule has 1 N–H and O–H groups in total. The van der Waals surface area contributed by atoms with E-state index >= 15 is 0 Å². The monoisotopic (exact) mass is 264 g/mol. The van der Waals surface area contributed by atoms with E-state index in [1.54, 1.807) is 0 Å². The van der Waals surface area contributed by atoms with Crippen LogP contribution in [0, 0.1) is 0 Å². The molecule has 0 aromatic heterocycles. The molecule has 3 aromatic rings. The molecule has 98 valence electrons. The molecule has 0 amide bonds. The zero-order chi connectivity index (χ0) is 14.1. The summed E-state index contributed by atoms with van der Waals surface area (Å²) in [6.45, 7) is 0. The summed E-state index contributed by atoms with van der Waals surface area (Å²) in [6, 6.07) is 17.1. The van der Waals surface area contributed by atoms with E-state index in [1.807, 2.05) is 54.6 Å². The van der Waals surface area contributed by atoms with Crippen LogP contribution in [0.1, 0.15) is 16.8 Å². The molecule has 3 aromatic carbocycles. The summed E-state index contributed by atoms with van der Waals surface area (Å²) in [5.74, 6) is -1.46. The minimum Gasteiger partial charge on any atom is -0.481 e. The van der Waals surface area contributed by atoms with Crippen molar-refractivity contribution in [3.05, 3.63) is 60.2 Å². The third kappa shape index (κ3) is 2.03. The molecule has 0 bridgehead atoms. The summed E-state index contributed by atoms with van der Waals surface area (Å²) in [6.07, 6.45) is -0.488. The van der Waals surface area contributed by atoms with Gasteiger partial charge in [-0.1, -0.05) is 48.5 Å². The molecular weight excluding hydrogens is 252 g/mol. The molecule has 3 nitrogen and oxygen atoms in total. The number of carbonyl (C=O) groups is 2. The van der Waals surface area contributed by atoms with Gasteiger partial charge in [-0.2, -0.15) is 0 Å². The Labute approximate surface area is 115 Å². The first-order valence-corrected chi connectivity index (χ1v) is 6.32. The van der Waals surface area contributed by atoms with Gasteiger partial charge >= 0.3 is 5.97 Å². The highest BCUT2D eigenvalue weighted by molar-refractivity contribution is 6.21. The number of fused-ring (bicyclic) bond motifs is 2. The Bertz CT molecular complexity index is 780. The van der Waals surface area contributed by atoms with Gasteiger partial charge in [-0.05, 0) is 27.6 Å². The predicted molar refractivity (Wildman–Crippen MR) is 78.0 cm³/mol. The van der Waals surface area contributed by atoms with Crippen LogP contribution in [-0.4, -0.2) is 16.9 Å². The molecule has 3 heteroatoms. The Hall–Kier alpha value is -2.68. The molecule has 0 aliphatic rings. The maximum atomic E-state index is 12.3. The zero-order valence-electron chi connectivity index (χ0n) is 10.7. The predicted octanol–water partition coefficient (Wildman–Crippen LogP) is 3.65. The Balaban J connectivity index is 2.39. The normalized spacial score (nSPS) is 10.8. The van der Waals surface area contributed by atoms with Gasteiger partial charge in [-0.25, -0.2) is 0 Å². The van der Waals surface area contributed by atoms with Crippen LogP contribution in [0.25, 0.3) is 21.5 Å².